The van der Waals surface area contributed by atoms with Gasteiger partial charge < -0.3 is 5.73 Å². The second-order valence-corrected chi connectivity index (χ2v) is 5.74. The summed E-state index contributed by atoms with van der Waals surface area (Å²) in [5, 5.41) is 0. The fraction of sp³-hybridized carbons (Fsp3) is 0.400. The lowest BCUT2D eigenvalue weighted by Gasteiger charge is -2.24. The fourth-order valence-corrected chi connectivity index (χ4v) is 3.73. The van der Waals surface area contributed by atoms with Crippen LogP contribution in [0.2, 0.25) is 0 Å². The van der Waals surface area contributed by atoms with Crippen LogP contribution in [0.15, 0.2) is 23.1 Å². The van der Waals surface area contributed by atoms with Gasteiger partial charge in [0.15, 0.2) is 9.84 Å². The lowest BCUT2D eigenvalue weighted by molar-refractivity contribution is 0.532. The molecule has 15 heavy (non-hydrogen) atoms. The zero-order valence-corrected chi connectivity index (χ0v) is 8.93. The third kappa shape index (κ3) is 1.66. The standard InChI is InChI=1S/C10H12FNO2S/c11-9-3-1-2-8-7(6-12)4-5-15(13,14)10(8)9/h1-3,7H,4-6,12H2. The lowest BCUT2D eigenvalue weighted by atomic mass is 9.96. The molecule has 0 spiro atoms. The minimum absolute atomic E-state index is 0.0111. The molecule has 0 radical (unpaired) electrons. The smallest absolute Gasteiger partial charge is 0.181 e. The third-order valence-electron chi connectivity index (χ3n) is 2.77. The topological polar surface area (TPSA) is 60.2 Å². The van der Waals surface area contributed by atoms with Gasteiger partial charge in [-0.25, -0.2) is 12.8 Å². The summed E-state index contributed by atoms with van der Waals surface area (Å²) < 4.78 is 36.8. The molecule has 1 aliphatic rings. The Morgan fingerprint density at radius 2 is 2.20 bits per heavy atom. The minimum atomic E-state index is -3.45. The van der Waals surface area contributed by atoms with E-state index in [0.29, 0.717) is 18.5 Å². The summed E-state index contributed by atoms with van der Waals surface area (Å²) in [5.74, 6) is -0.715. The van der Waals surface area contributed by atoms with Gasteiger partial charge in [0, 0.05) is 0 Å². The van der Waals surface area contributed by atoms with Crippen LogP contribution in [-0.4, -0.2) is 20.7 Å². The first-order chi connectivity index (χ1) is 7.06. The maximum Gasteiger partial charge on any atom is 0.181 e. The first kappa shape index (κ1) is 10.6. The average Bonchev–Trinajstić information content (AvgIpc) is 2.17. The van der Waals surface area contributed by atoms with Crippen molar-refractivity contribution in [3.63, 3.8) is 0 Å². The monoisotopic (exact) mass is 229 g/mol. The van der Waals surface area contributed by atoms with Gasteiger partial charge in [-0.05, 0) is 30.5 Å². The number of rotatable bonds is 1. The summed E-state index contributed by atoms with van der Waals surface area (Å²) in [6.45, 7) is 0.353. The first-order valence-corrected chi connectivity index (χ1v) is 6.42. The van der Waals surface area contributed by atoms with E-state index in [4.69, 9.17) is 5.73 Å². The largest absolute Gasteiger partial charge is 0.330 e. The van der Waals surface area contributed by atoms with E-state index in [0.717, 1.165) is 0 Å². The van der Waals surface area contributed by atoms with Crippen LogP contribution in [0.1, 0.15) is 17.9 Å². The van der Waals surface area contributed by atoms with Gasteiger partial charge in [-0.3, -0.25) is 0 Å². The van der Waals surface area contributed by atoms with Gasteiger partial charge in [0.25, 0.3) is 0 Å². The van der Waals surface area contributed by atoms with E-state index < -0.39 is 15.7 Å². The Balaban J connectivity index is 2.69. The van der Waals surface area contributed by atoms with Crippen molar-refractivity contribution in [2.24, 2.45) is 5.73 Å². The van der Waals surface area contributed by atoms with Crippen molar-refractivity contribution in [1.29, 1.82) is 0 Å². The van der Waals surface area contributed by atoms with E-state index in [1.807, 2.05) is 0 Å². The summed E-state index contributed by atoms with van der Waals surface area (Å²) in [7, 11) is -3.45. The average molecular weight is 229 g/mol. The second kappa shape index (κ2) is 3.57. The quantitative estimate of drug-likeness (QED) is 0.783. The van der Waals surface area contributed by atoms with E-state index in [-0.39, 0.29) is 16.6 Å². The number of benzene rings is 1. The highest BCUT2D eigenvalue weighted by Gasteiger charge is 2.31. The lowest BCUT2D eigenvalue weighted by Crippen LogP contribution is -2.25. The minimum Gasteiger partial charge on any atom is -0.330 e. The molecule has 0 fully saturated rings. The Bertz CT molecular complexity index is 484. The maximum atomic E-state index is 13.5. The van der Waals surface area contributed by atoms with Crippen molar-refractivity contribution < 1.29 is 12.8 Å². The van der Waals surface area contributed by atoms with Gasteiger partial charge in [-0.15, -0.1) is 0 Å². The normalized spacial score (nSPS) is 23.5. The van der Waals surface area contributed by atoms with Crippen LogP contribution in [-0.2, 0) is 9.84 Å². The molecule has 0 aromatic heterocycles. The van der Waals surface area contributed by atoms with E-state index in [1.165, 1.54) is 12.1 Å². The molecule has 1 aromatic rings. The molecule has 1 aromatic carbocycles. The van der Waals surface area contributed by atoms with Gasteiger partial charge in [0.05, 0.1) is 5.75 Å². The number of sulfone groups is 1. The van der Waals surface area contributed by atoms with Gasteiger partial charge in [0.2, 0.25) is 0 Å². The molecule has 2 rings (SSSR count). The van der Waals surface area contributed by atoms with E-state index in [9.17, 15) is 12.8 Å². The van der Waals surface area contributed by atoms with Gasteiger partial charge >= 0.3 is 0 Å². The highest BCUT2D eigenvalue weighted by atomic mass is 32.2. The predicted molar refractivity (Wildman–Crippen MR) is 54.9 cm³/mol. The Labute approximate surface area is 88.0 Å². The zero-order chi connectivity index (χ0) is 11.1. The number of halogens is 1. The van der Waals surface area contributed by atoms with E-state index in [1.54, 1.807) is 6.07 Å². The van der Waals surface area contributed by atoms with Crippen molar-refractivity contribution in [3.05, 3.63) is 29.6 Å². The van der Waals surface area contributed by atoms with Crippen molar-refractivity contribution >= 4 is 9.84 Å². The molecule has 0 amide bonds. The summed E-state index contributed by atoms with van der Waals surface area (Å²) in [6.07, 6.45) is 0.481. The summed E-state index contributed by atoms with van der Waals surface area (Å²) in [5.41, 5.74) is 6.07. The molecule has 5 heteroatoms. The molecular formula is C10H12FNO2S. The van der Waals surface area contributed by atoms with Crippen LogP contribution in [0.4, 0.5) is 4.39 Å². The summed E-state index contributed by atoms with van der Waals surface area (Å²) in [4.78, 5) is -0.147. The molecule has 82 valence electrons. The highest BCUT2D eigenvalue weighted by molar-refractivity contribution is 7.91. The van der Waals surface area contributed by atoms with Crippen LogP contribution in [0.25, 0.3) is 0 Å². The van der Waals surface area contributed by atoms with Gasteiger partial charge in [-0.1, -0.05) is 12.1 Å². The van der Waals surface area contributed by atoms with Gasteiger partial charge in [0.1, 0.15) is 10.7 Å². The highest BCUT2D eigenvalue weighted by Crippen LogP contribution is 2.34. The second-order valence-electron chi connectivity index (χ2n) is 3.70. The van der Waals surface area contributed by atoms with Crippen LogP contribution in [0, 0.1) is 5.82 Å². The molecule has 0 aliphatic carbocycles. The van der Waals surface area contributed by atoms with Crippen LogP contribution in [0.3, 0.4) is 0 Å². The molecule has 1 atom stereocenters. The molecule has 0 bridgehead atoms. The van der Waals surface area contributed by atoms with Crippen LogP contribution < -0.4 is 5.73 Å². The van der Waals surface area contributed by atoms with Crippen molar-refractivity contribution in [3.8, 4) is 0 Å². The molecule has 1 aliphatic heterocycles. The van der Waals surface area contributed by atoms with Crippen molar-refractivity contribution in [2.45, 2.75) is 17.2 Å². The molecule has 1 unspecified atom stereocenters. The van der Waals surface area contributed by atoms with Crippen LogP contribution in [0.5, 0.6) is 0 Å². The van der Waals surface area contributed by atoms with E-state index >= 15 is 0 Å². The number of hydrogen-bond donors (Lipinski definition) is 1. The number of nitrogens with two attached hydrogens (primary N) is 1. The van der Waals surface area contributed by atoms with E-state index in [2.05, 4.69) is 0 Å². The predicted octanol–water partition coefficient (Wildman–Crippen LogP) is 1.05. The number of hydrogen-bond acceptors (Lipinski definition) is 3. The maximum absolute atomic E-state index is 13.5. The molecule has 2 N–H and O–H groups in total. The fourth-order valence-electron chi connectivity index (χ4n) is 1.97. The van der Waals surface area contributed by atoms with Crippen LogP contribution >= 0.6 is 0 Å². The Kier molecular flexibility index (Phi) is 2.52. The molecular weight excluding hydrogens is 217 g/mol. The summed E-state index contributed by atoms with van der Waals surface area (Å²) >= 11 is 0. The number of fused-ring (bicyclic) bond motifs is 1. The SMILES string of the molecule is NCC1CCS(=O)(=O)c2c(F)cccc21. The summed E-state index contributed by atoms with van der Waals surface area (Å²) in [6, 6.07) is 4.35. The Morgan fingerprint density at radius 3 is 2.87 bits per heavy atom. The van der Waals surface area contributed by atoms with Crippen molar-refractivity contribution in [2.75, 3.05) is 12.3 Å². The molecule has 3 nitrogen and oxygen atoms in total. The van der Waals surface area contributed by atoms with Crippen molar-refractivity contribution in [1.82, 2.24) is 0 Å². The molecule has 1 heterocycles. The Hall–Kier alpha value is -0.940. The third-order valence-corrected chi connectivity index (χ3v) is 4.59. The molecule has 0 saturated heterocycles. The van der Waals surface area contributed by atoms with Gasteiger partial charge in [-0.2, -0.15) is 0 Å². The first-order valence-electron chi connectivity index (χ1n) is 4.77. The molecule has 0 saturated carbocycles. The zero-order valence-electron chi connectivity index (χ0n) is 8.11. The Morgan fingerprint density at radius 1 is 1.47 bits per heavy atom.